The van der Waals surface area contributed by atoms with Crippen molar-refractivity contribution in [2.75, 3.05) is 4.90 Å². The van der Waals surface area contributed by atoms with Crippen molar-refractivity contribution in [2.45, 2.75) is 58.3 Å². The highest BCUT2D eigenvalue weighted by Crippen LogP contribution is 2.51. The van der Waals surface area contributed by atoms with E-state index in [0.29, 0.717) is 0 Å². The van der Waals surface area contributed by atoms with Gasteiger partial charge in [0.25, 0.3) is 0 Å². The minimum atomic E-state index is -0.00580. The number of thiazole rings is 1. The summed E-state index contributed by atoms with van der Waals surface area (Å²) in [7, 11) is 0. The predicted molar refractivity (Wildman–Crippen MR) is 248 cm³/mol. The predicted octanol–water partition coefficient (Wildman–Crippen LogP) is 12.9. The molecule has 0 saturated heterocycles. The number of benzene rings is 8. The van der Waals surface area contributed by atoms with E-state index >= 15 is 0 Å². The van der Waals surface area contributed by atoms with E-state index in [9.17, 15) is 0 Å². The van der Waals surface area contributed by atoms with Crippen LogP contribution in [0.1, 0.15) is 57.2 Å². The van der Waals surface area contributed by atoms with Crippen LogP contribution < -0.4 is 20.3 Å². The Kier molecular flexibility index (Phi) is 7.08. The topological polar surface area (TPSA) is 7.12 Å². The van der Waals surface area contributed by atoms with Crippen LogP contribution in [0.3, 0.4) is 0 Å². The molecule has 0 atom stereocenters. The van der Waals surface area contributed by atoms with E-state index in [1.807, 2.05) is 11.3 Å². The first-order valence-corrected chi connectivity index (χ1v) is 21.7. The van der Waals surface area contributed by atoms with Gasteiger partial charge in [0.1, 0.15) is 4.70 Å². The van der Waals surface area contributed by atoms with Gasteiger partial charge in [0.2, 0.25) is 10.5 Å². The molecule has 1 aromatic heterocycles. The molecule has 9 aromatic rings. The number of anilines is 3. The molecular formula is C54H44BN2S+. The maximum atomic E-state index is 2.75. The van der Waals surface area contributed by atoms with Crippen LogP contribution in [0.2, 0.25) is 0 Å². The number of aryl methyl sites for hydroxylation is 1. The minimum absolute atomic E-state index is 0.00580. The zero-order valence-electron chi connectivity index (χ0n) is 33.7. The zero-order chi connectivity index (χ0) is 39.1. The molecule has 8 aromatic carbocycles. The lowest BCUT2D eigenvalue weighted by molar-refractivity contribution is -0.485. The SMILES string of the molecule is Cc1cc2c3c(c1)N(c1ccccc1-c1ccccc1)c1cc4c(cc1B3[n+]1c(-c3ccc5ccc6ccccc6c5c3)sc3cccc-2c31)C(C)(C)CCC4(C)C. The lowest BCUT2D eigenvalue weighted by Crippen LogP contribution is -2.70. The number of hydrogen-bond acceptors (Lipinski definition) is 2. The molecule has 2 aliphatic heterocycles. The summed E-state index contributed by atoms with van der Waals surface area (Å²) in [5, 5.41) is 6.47. The van der Waals surface area contributed by atoms with Crippen LogP contribution in [0.25, 0.3) is 64.6 Å². The second-order valence-corrected chi connectivity index (χ2v) is 19.3. The van der Waals surface area contributed by atoms with Crippen LogP contribution in [-0.2, 0) is 10.8 Å². The average molecular weight is 764 g/mol. The van der Waals surface area contributed by atoms with Crippen molar-refractivity contribution < 1.29 is 4.48 Å². The van der Waals surface area contributed by atoms with E-state index < -0.39 is 0 Å². The van der Waals surface area contributed by atoms with Gasteiger partial charge in [-0.05, 0) is 122 Å². The highest BCUT2D eigenvalue weighted by Gasteiger charge is 2.53. The number of aromatic nitrogens is 1. The molecule has 0 radical (unpaired) electrons. The molecule has 0 unspecified atom stereocenters. The van der Waals surface area contributed by atoms with Crippen LogP contribution in [0.5, 0.6) is 0 Å². The molecule has 4 heteroatoms. The summed E-state index contributed by atoms with van der Waals surface area (Å²) in [6.07, 6.45) is 2.34. The molecule has 2 nitrogen and oxygen atoms in total. The highest BCUT2D eigenvalue weighted by molar-refractivity contribution is 7.21. The first-order valence-electron chi connectivity index (χ1n) is 20.8. The first kappa shape index (κ1) is 34.1. The molecule has 0 fully saturated rings. The van der Waals surface area contributed by atoms with E-state index in [2.05, 4.69) is 196 Å². The summed E-state index contributed by atoms with van der Waals surface area (Å²) in [5.41, 5.74) is 18.7. The van der Waals surface area contributed by atoms with E-state index in [-0.39, 0.29) is 17.7 Å². The fourth-order valence-electron chi connectivity index (χ4n) is 10.8. The van der Waals surface area contributed by atoms with E-state index in [1.165, 1.54) is 122 Å². The second-order valence-electron chi connectivity index (χ2n) is 18.2. The van der Waals surface area contributed by atoms with Gasteiger partial charge < -0.3 is 4.90 Å². The number of nitrogens with zero attached hydrogens (tertiary/aromatic N) is 2. The maximum absolute atomic E-state index is 2.75. The van der Waals surface area contributed by atoms with Crippen molar-refractivity contribution in [1.82, 2.24) is 0 Å². The van der Waals surface area contributed by atoms with Gasteiger partial charge in [-0.2, -0.15) is 0 Å². The third kappa shape index (κ3) is 4.76. The average Bonchev–Trinajstić information content (AvgIpc) is 3.63. The minimum Gasteiger partial charge on any atom is -0.310 e. The molecule has 0 saturated carbocycles. The van der Waals surface area contributed by atoms with E-state index in [0.717, 1.165) is 0 Å². The fraction of sp³-hybridized carbons (Fsp3) is 0.167. The summed E-state index contributed by atoms with van der Waals surface area (Å²) in [4.78, 5) is 2.64. The van der Waals surface area contributed by atoms with Gasteiger partial charge in [-0.15, -0.1) is 0 Å². The number of fused-ring (bicyclic) bond motifs is 8. The highest BCUT2D eigenvalue weighted by atomic mass is 32.1. The summed E-state index contributed by atoms with van der Waals surface area (Å²) in [6.45, 7) is 12.1. The Morgan fingerprint density at radius 3 is 2.07 bits per heavy atom. The summed E-state index contributed by atoms with van der Waals surface area (Å²) < 4.78 is 4.08. The van der Waals surface area contributed by atoms with Gasteiger partial charge in [0.05, 0.1) is 16.8 Å². The Morgan fingerprint density at radius 1 is 0.552 bits per heavy atom. The standard InChI is InChI=1S/C54H44BN2S/c1-33-28-42-40-19-13-21-49-51(40)57(52(58-49)37-25-24-36-23-22-35-16-9-10-17-38(35)41(36)30-37)55-45-31-43-44(54(4,5)27-26-53(43,2)3)32-47(45)56(48(29-33)50(42)55)46-20-12-11-18-39(46)34-14-7-6-8-15-34/h6-25,28-32H,26-27H2,1-5H3/q+1. The molecule has 0 bridgehead atoms. The molecule has 12 rings (SSSR count). The Balaban J connectivity index is 1.21. The van der Waals surface area contributed by atoms with Gasteiger partial charge in [-0.1, -0.05) is 148 Å². The summed E-state index contributed by atoms with van der Waals surface area (Å²) >= 11 is 1.94. The van der Waals surface area contributed by atoms with Crippen molar-refractivity contribution >= 4 is 77.9 Å². The van der Waals surface area contributed by atoms with Crippen molar-refractivity contribution in [3.63, 3.8) is 0 Å². The van der Waals surface area contributed by atoms with E-state index in [4.69, 9.17) is 0 Å². The Morgan fingerprint density at radius 2 is 1.24 bits per heavy atom. The Hall–Kier alpha value is -5.97. The van der Waals surface area contributed by atoms with Crippen molar-refractivity contribution in [2.24, 2.45) is 0 Å². The van der Waals surface area contributed by atoms with Gasteiger partial charge in [0.15, 0.2) is 0 Å². The van der Waals surface area contributed by atoms with E-state index in [1.54, 1.807) is 0 Å². The quantitative estimate of drug-likeness (QED) is 0.128. The van der Waals surface area contributed by atoms with Crippen LogP contribution in [0, 0.1) is 6.92 Å². The van der Waals surface area contributed by atoms with Crippen LogP contribution >= 0.6 is 11.3 Å². The Labute approximate surface area is 345 Å². The molecule has 58 heavy (non-hydrogen) atoms. The molecule has 3 heterocycles. The Bertz CT molecular complexity index is 3210. The maximum Gasteiger partial charge on any atom is 0.565 e. The van der Waals surface area contributed by atoms with Crippen LogP contribution in [0.4, 0.5) is 17.1 Å². The first-order chi connectivity index (χ1) is 28.2. The summed E-state index contributed by atoms with van der Waals surface area (Å²) in [6, 6.07) is 57.7. The number of rotatable bonds is 3. The smallest absolute Gasteiger partial charge is 0.310 e. The molecule has 1 aliphatic carbocycles. The molecule has 0 N–H and O–H groups in total. The zero-order valence-corrected chi connectivity index (χ0v) is 34.5. The van der Waals surface area contributed by atoms with Gasteiger partial charge >= 0.3 is 6.85 Å². The van der Waals surface area contributed by atoms with Gasteiger partial charge in [-0.3, -0.25) is 4.48 Å². The van der Waals surface area contributed by atoms with Crippen molar-refractivity contribution in [3.8, 4) is 32.8 Å². The monoisotopic (exact) mass is 763 g/mol. The largest absolute Gasteiger partial charge is 0.565 e. The fourth-order valence-corrected chi connectivity index (χ4v) is 12.0. The van der Waals surface area contributed by atoms with Crippen LogP contribution in [0.15, 0.2) is 152 Å². The lowest BCUT2D eigenvalue weighted by atomic mass is 9.44. The number of hydrogen-bond donors (Lipinski definition) is 0. The number of para-hydroxylation sites is 2. The normalized spacial score (nSPS) is 15.7. The summed E-state index contributed by atoms with van der Waals surface area (Å²) in [5.74, 6) is 0. The van der Waals surface area contributed by atoms with Crippen molar-refractivity contribution in [3.05, 3.63) is 168 Å². The van der Waals surface area contributed by atoms with Crippen LogP contribution in [-0.4, -0.2) is 6.85 Å². The van der Waals surface area contributed by atoms with Gasteiger partial charge in [-0.25, -0.2) is 0 Å². The molecule has 278 valence electrons. The van der Waals surface area contributed by atoms with Gasteiger partial charge in [0, 0.05) is 27.9 Å². The molecule has 3 aliphatic rings. The third-order valence-corrected chi connectivity index (χ3v) is 15.0. The van der Waals surface area contributed by atoms with Crippen molar-refractivity contribution in [1.29, 1.82) is 0 Å². The molecule has 0 amide bonds. The molecular weight excluding hydrogens is 719 g/mol. The second kappa shape index (κ2) is 12.0. The lowest BCUT2D eigenvalue weighted by Gasteiger charge is -2.44. The third-order valence-electron chi connectivity index (χ3n) is 13.8. The molecule has 0 spiro atoms.